The number of fused-ring (bicyclic) bond motifs is 1. The lowest BCUT2D eigenvalue weighted by Gasteiger charge is -2.27. The number of aromatic nitrogens is 4. The lowest BCUT2D eigenvalue weighted by molar-refractivity contribution is -0.129. The quantitative estimate of drug-likeness (QED) is 0.542. The predicted molar refractivity (Wildman–Crippen MR) is 140 cm³/mol. The number of hydrogen-bond donors (Lipinski definition) is 2. The minimum atomic E-state index is -0.746. The zero-order valence-electron chi connectivity index (χ0n) is 21.4. The second-order valence-electron chi connectivity index (χ2n) is 9.55. The Kier molecular flexibility index (Phi) is 8.65. The lowest BCUT2D eigenvalue weighted by atomic mass is 10.0. The molecule has 2 atom stereocenters. The van der Waals surface area contributed by atoms with Gasteiger partial charge in [0, 0.05) is 31.3 Å². The molecular weight excluding hydrogens is 490 g/mol. The molecule has 3 heterocycles. The summed E-state index contributed by atoms with van der Waals surface area (Å²) in [5, 5.41) is 12.3. The Hall–Kier alpha value is -3.60. The van der Waals surface area contributed by atoms with Crippen LogP contribution < -0.4 is 10.6 Å². The first-order chi connectivity index (χ1) is 17.8. The third-order valence-corrected chi connectivity index (χ3v) is 6.92. The summed E-state index contributed by atoms with van der Waals surface area (Å²) in [4.78, 5) is 50.0. The molecule has 2 N–H and O–H groups in total. The summed E-state index contributed by atoms with van der Waals surface area (Å²) in [7, 11) is 0. The van der Waals surface area contributed by atoms with E-state index < -0.39 is 12.1 Å². The van der Waals surface area contributed by atoms with Crippen molar-refractivity contribution in [1.29, 1.82) is 0 Å². The smallest absolute Gasteiger partial charge is 0.273 e. The van der Waals surface area contributed by atoms with Crippen molar-refractivity contribution in [3.8, 4) is 0 Å². The molecule has 1 aliphatic rings. The van der Waals surface area contributed by atoms with E-state index in [1.807, 2.05) is 51.1 Å². The van der Waals surface area contributed by atoms with Crippen LogP contribution >= 0.6 is 11.3 Å². The number of nitrogens with zero attached hydrogens (tertiary/aromatic N) is 5. The first-order valence-electron chi connectivity index (χ1n) is 12.5. The monoisotopic (exact) mass is 523 g/mol. The molecule has 0 saturated carbocycles. The molecule has 0 fully saturated rings. The molecule has 1 aliphatic heterocycles. The van der Waals surface area contributed by atoms with Crippen LogP contribution in [0.25, 0.3) is 0 Å². The number of benzene rings is 1. The van der Waals surface area contributed by atoms with Crippen molar-refractivity contribution in [2.45, 2.75) is 58.7 Å². The van der Waals surface area contributed by atoms with Crippen LogP contribution in [-0.2, 0) is 22.6 Å². The highest BCUT2D eigenvalue weighted by Crippen LogP contribution is 2.21. The zero-order valence-corrected chi connectivity index (χ0v) is 22.2. The van der Waals surface area contributed by atoms with E-state index in [1.54, 1.807) is 20.5 Å². The Morgan fingerprint density at radius 1 is 1.14 bits per heavy atom. The minimum absolute atomic E-state index is 0.0139. The molecule has 4 rings (SSSR count). The van der Waals surface area contributed by atoms with Gasteiger partial charge in [0.2, 0.25) is 11.8 Å². The Balaban J connectivity index is 1.65. The first-order valence-corrected chi connectivity index (χ1v) is 13.5. The molecule has 3 amide bonds. The van der Waals surface area contributed by atoms with Gasteiger partial charge in [-0.2, -0.15) is 5.10 Å². The van der Waals surface area contributed by atoms with Gasteiger partial charge in [-0.1, -0.05) is 44.2 Å². The third-order valence-electron chi connectivity index (χ3n) is 6.34. The van der Waals surface area contributed by atoms with E-state index in [2.05, 4.69) is 25.7 Å². The third kappa shape index (κ3) is 6.79. The molecule has 196 valence electrons. The Morgan fingerprint density at radius 3 is 2.62 bits per heavy atom. The molecule has 11 heteroatoms. The molecule has 1 aromatic carbocycles. The number of rotatable bonds is 4. The van der Waals surface area contributed by atoms with Gasteiger partial charge < -0.3 is 15.5 Å². The van der Waals surface area contributed by atoms with E-state index in [-0.39, 0.29) is 30.1 Å². The van der Waals surface area contributed by atoms with Crippen molar-refractivity contribution >= 4 is 29.1 Å². The van der Waals surface area contributed by atoms with E-state index in [9.17, 15) is 14.4 Å². The molecule has 0 unspecified atom stereocenters. The van der Waals surface area contributed by atoms with Crippen LogP contribution in [0.5, 0.6) is 0 Å². The van der Waals surface area contributed by atoms with E-state index in [1.165, 1.54) is 11.3 Å². The number of thiazole rings is 1. The average Bonchev–Trinajstić information content (AvgIpc) is 3.53. The number of carbonyl (C=O) groups excluding carboxylic acids is 3. The van der Waals surface area contributed by atoms with Crippen molar-refractivity contribution in [3.63, 3.8) is 0 Å². The van der Waals surface area contributed by atoms with E-state index in [0.29, 0.717) is 49.8 Å². The number of nitrogens with one attached hydrogen (secondary N) is 2. The maximum atomic E-state index is 13.5. The highest BCUT2D eigenvalue weighted by Gasteiger charge is 2.30. The topological polar surface area (TPSA) is 122 Å². The van der Waals surface area contributed by atoms with Crippen LogP contribution in [0.1, 0.15) is 60.4 Å². The van der Waals surface area contributed by atoms with Crippen molar-refractivity contribution in [1.82, 2.24) is 35.3 Å². The van der Waals surface area contributed by atoms with E-state index >= 15 is 0 Å². The van der Waals surface area contributed by atoms with Crippen molar-refractivity contribution in [3.05, 3.63) is 64.1 Å². The van der Waals surface area contributed by atoms with Gasteiger partial charge in [-0.3, -0.25) is 14.4 Å². The van der Waals surface area contributed by atoms with Gasteiger partial charge in [-0.25, -0.2) is 14.6 Å². The maximum Gasteiger partial charge on any atom is 0.273 e. The fourth-order valence-electron chi connectivity index (χ4n) is 4.42. The van der Waals surface area contributed by atoms with Crippen LogP contribution in [0.2, 0.25) is 0 Å². The summed E-state index contributed by atoms with van der Waals surface area (Å²) in [6.45, 7) is 6.99. The first kappa shape index (κ1) is 26.5. The predicted octanol–water partition coefficient (Wildman–Crippen LogP) is 2.52. The Labute approximate surface area is 220 Å². The summed E-state index contributed by atoms with van der Waals surface area (Å²) in [6, 6.07) is 8.44. The standard InChI is InChI=1S/C26H33N7O3S/c1-17(2)23-24-28-18(3)31-33(24)13-12-32(26(36)21-15-37-16-27-21)11-7-10-22(34)29-20(25(35)30-23)14-19-8-5-4-6-9-19/h4-6,8-9,15-17,20,23H,7,10-14H2,1-3H3,(H,29,34)(H,30,35)/t20-,23+/m0/s1. The summed E-state index contributed by atoms with van der Waals surface area (Å²) >= 11 is 1.37. The number of hydrogen-bond acceptors (Lipinski definition) is 7. The summed E-state index contributed by atoms with van der Waals surface area (Å²) in [6.07, 6.45) is 1.02. The molecule has 3 aromatic rings. The van der Waals surface area contributed by atoms with Gasteiger partial charge in [0.25, 0.3) is 5.91 Å². The fraction of sp³-hybridized carbons (Fsp3) is 0.462. The van der Waals surface area contributed by atoms with Gasteiger partial charge in [-0.15, -0.1) is 11.3 Å². The summed E-state index contributed by atoms with van der Waals surface area (Å²) in [5.41, 5.74) is 2.97. The molecule has 10 nitrogen and oxygen atoms in total. The normalized spacial score (nSPS) is 19.6. The number of aryl methyl sites for hydroxylation is 1. The Bertz CT molecular complexity index is 1210. The zero-order chi connectivity index (χ0) is 26.4. The van der Waals surface area contributed by atoms with Crippen molar-refractivity contribution in [2.24, 2.45) is 5.92 Å². The average molecular weight is 524 g/mol. The largest absolute Gasteiger partial charge is 0.344 e. The fourth-order valence-corrected chi connectivity index (χ4v) is 4.94. The molecule has 37 heavy (non-hydrogen) atoms. The van der Waals surface area contributed by atoms with E-state index in [0.717, 1.165) is 5.56 Å². The lowest BCUT2D eigenvalue weighted by Crippen LogP contribution is -2.50. The van der Waals surface area contributed by atoms with Gasteiger partial charge in [0.15, 0.2) is 0 Å². The van der Waals surface area contributed by atoms with E-state index in [4.69, 9.17) is 0 Å². The summed E-state index contributed by atoms with van der Waals surface area (Å²) in [5.74, 6) is 0.562. The van der Waals surface area contributed by atoms with Gasteiger partial charge in [0.1, 0.15) is 23.4 Å². The molecule has 2 aromatic heterocycles. The van der Waals surface area contributed by atoms with Gasteiger partial charge >= 0.3 is 0 Å². The Morgan fingerprint density at radius 2 is 1.92 bits per heavy atom. The molecule has 0 radical (unpaired) electrons. The number of carbonyl (C=O) groups is 3. The molecule has 0 saturated heterocycles. The van der Waals surface area contributed by atoms with Gasteiger partial charge in [0.05, 0.1) is 18.1 Å². The maximum absolute atomic E-state index is 13.5. The van der Waals surface area contributed by atoms with Crippen LogP contribution in [0.15, 0.2) is 41.2 Å². The second-order valence-corrected chi connectivity index (χ2v) is 10.3. The molecule has 0 aliphatic carbocycles. The highest BCUT2D eigenvalue weighted by molar-refractivity contribution is 7.07. The van der Waals surface area contributed by atoms with Crippen molar-refractivity contribution < 1.29 is 14.4 Å². The molecule has 0 spiro atoms. The van der Waals surface area contributed by atoms with Crippen LogP contribution in [-0.4, -0.2) is 61.5 Å². The van der Waals surface area contributed by atoms with Crippen LogP contribution in [0.4, 0.5) is 0 Å². The van der Waals surface area contributed by atoms with Crippen LogP contribution in [0, 0.1) is 12.8 Å². The van der Waals surface area contributed by atoms with Gasteiger partial charge in [-0.05, 0) is 24.8 Å². The van der Waals surface area contributed by atoms with Crippen molar-refractivity contribution in [2.75, 3.05) is 13.1 Å². The number of amides is 3. The summed E-state index contributed by atoms with van der Waals surface area (Å²) < 4.78 is 1.78. The minimum Gasteiger partial charge on any atom is -0.344 e. The highest BCUT2D eigenvalue weighted by atomic mass is 32.1. The molecule has 0 bridgehead atoms. The SMILES string of the molecule is Cc1nc2n(n1)CCN(C(=O)c1cscn1)CCCC(=O)N[C@@H](Cc1ccccc1)C(=O)N[C@@H]2C(C)C. The second kappa shape index (κ2) is 12.1. The molecular formula is C26H33N7O3S. The van der Waals surface area contributed by atoms with Crippen LogP contribution in [0.3, 0.4) is 0 Å².